The van der Waals surface area contributed by atoms with Crippen molar-refractivity contribution in [3.63, 3.8) is 0 Å². The van der Waals surface area contributed by atoms with Gasteiger partial charge in [-0.15, -0.1) is 0 Å². The smallest absolute Gasteiger partial charge is 0.0623 e. The normalized spacial score (nSPS) is 30.0. The second-order valence-electron chi connectivity index (χ2n) is 6.39. The van der Waals surface area contributed by atoms with Gasteiger partial charge in [0.15, 0.2) is 0 Å². The summed E-state index contributed by atoms with van der Waals surface area (Å²) in [5, 5.41) is 3.65. The second-order valence-corrected chi connectivity index (χ2v) is 6.39. The Morgan fingerprint density at radius 3 is 2.58 bits per heavy atom. The minimum absolute atomic E-state index is 0.591. The van der Waals surface area contributed by atoms with E-state index < -0.39 is 0 Å². The minimum Gasteiger partial charge on any atom is -0.379 e. The molecule has 0 aliphatic carbocycles. The van der Waals surface area contributed by atoms with Crippen molar-refractivity contribution in [2.24, 2.45) is 11.8 Å². The molecule has 0 radical (unpaired) electrons. The van der Waals surface area contributed by atoms with Gasteiger partial charge in [0.25, 0.3) is 0 Å². The summed E-state index contributed by atoms with van der Waals surface area (Å²) < 4.78 is 5.68. The number of hydrogen-bond acceptors (Lipinski definition) is 3. The molecule has 2 heterocycles. The molecule has 2 aliphatic rings. The van der Waals surface area contributed by atoms with Crippen LogP contribution in [0.25, 0.3) is 0 Å². The summed E-state index contributed by atoms with van der Waals surface area (Å²) in [7, 11) is 0. The molecule has 0 aromatic rings. The third-order valence-electron chi connectivity index (χ3n) is 4.75. The van der Waals surface area contributed by atoms with E-state index in [1.54, 1.807) is 0 Å². The zero-order chi connectivity index (χ0) is 13.5. The molecule has 2 saturated heterocycles. The highest BCUT2D eigenvalue weighted by molar-refractivity contribution is 4.85. The Hall–Kier alpha value is -0.120. The third-order valence-corrected chi connectivity index (χ3v) is 4.75. The van der Waals surface area contributed by atoms with Crippen LogP contribution in [0.5, 0.6) is 0 Å². The molecule has 0 aromatic heterocycles. The van der Waals surface area contributed by atoms with Gasteiger partial charge < -0.3 is 15.0 Å². The lowest BCUT2D eigenvalue weighted by Gasteiger charge is -2.34. The predicted octanol–water partition coefficient (Wildman–Crippen LogP) is 2.51. The molecular formula is C16H32N2O. The van der Waals surface area contributed by atoms with Crippen LogP contribution in [-0.2, 0) is 4.74 Å². The Bertz CT molecular complexity index is 239. The SMILES string of the molecule is CCCNC1COCC1CN1CCC(CCC)CC1. The first kappa shape index (κ1) is 15.3. The zero-order valence-electron chi connectivity index (χ0n) is 12.9. The molecule has 2 unspecified atom stereocenters. The number of piperidine rings is 1. The topological polar surface area (TPSA) is 24.5 Å². The summed E-state index contributed by atoms with van der Waals surface area (Å²) in [4.78, 5) is 2.67. The summed E-state index contributed by atoms with van der Waals surface area (Å²) in [5.74, 6) is 1.70. The monoisotopic (exact) mass is 268 g/mol. The van der Waals surface area contributed by atoms with Crippen molar-refractivity contribution in [2.75, 3.05) is 39.4 Å². The van der Waals surface area contributed by atoms with Crippen molar-refractivity contribution >= 4 is 0 Å². The summed E-state index contributed by atoms with van der Waals surface area (Å²) in [6.45, 7) is 11.4. The maximum atomic E-state index is 5.68. The van der Waals surface area contributed by atoms with Gasteiger partial charge >= 0.3 is 0 Å². The number of rotatable bonds is 7. The molecule has 1 N–H and O–H groups in total. The highest BCUT2D eigenvalue weighted by Crippen LogP contribution is 2.24. The van der Waals surface area contributed by atoms with Gasteiger partial charge in [0.1, 0.15) is 0 Å². The number of likely N-dealkylation sites (tertiary alicyclic amines) is 1. The molecule has 112 valence electrons. The molecule has 2 aliphatic heterocycles. The molecule has 0 bridgehead atoms. The maximum Gasteiger partial charge on any atom is 0.0623 e. The number of hydrogen-bond donors (Lipinski definition) is 1. The van der Waals surface area contributed by atoms with Crippen LogP contribution in [0.15, 0.2) is 0 Å². The fourth-order valence-corrected chi connectivity index (χ4v) is 3.53. The van der Waals surface area contributed by atoms with Gasteiger partial charge in [0, 0.05) is 18.5 Å². The summed E-state index contributed by atoms with van der Waals surface area (Å²) >= 11 is 0. The third kappa shape index (κ3) is 4.73. The van der Waals surface area contributed by atoms with Crippen molar-refractivity contribution in [1.82, 2.24) is 10.2 Å². The van der Waals surface area contributed by atoms with Crippen LogP contribution >= 0.6 is 0 Å². The lowest BCUT2D eigenvalue weighted by Crippen LogP contribution is -2.44. The van der Waals surface area contributed by atoms with Crippen molar-refractivity contribution in [2.45, 2.75) is 52.0 Å². The van der Waals surface area contributed by atoms with Crippen LogP contribution in [0, 0.1) is 11.8 Å². The Balaban J connectivity index is 1.69. The van der Waals surface area contributed by atoms with Crippen molar-refractivity contribution in [3.05, 3.63) is 0 Å². The molecule has 0 aromatic carbocycles. The van der Waals surface area contributed by atoms with Crippen molar-refractivity contribution in [1.29, 1.82) is 0 Å². The van der Waals surface area contributed by atoms with Gasteiger partial charge in [-0.05, 0) is 44.8 Å². The van der Waals surface area contributed by atoms with Crippen LogP contribution in [0.3, 0.4) is 0 Å². The molecule has 2 fully saturated rings. The Morgan fingerprint density at radius 2 is 1.89 bits per heavy atom. The van der Waals surface area contributed by atoms with Crippen LogP contribution < -0.4 is 5.32 Å². The van der Waals surface area contributed by atoms with Crippen LogP contribution in [0.4, 0.5) is 0 Å². The van der Waals surface area contributed by atoms with Crippen molar-refractivity contribution < 1.29 is 4.74 Å². The van der Waals surface area contributed by atoms with E-state index in [1.807, 2.05) is 0 Å². The molecule has 3 nitrogen and oxygen atoms in total. The Kier molecular flexibility index (Phi) is 6.62. The minimum atomic E-state index is 0.591. The highest BCUT2D eigenvalue weighted by Gasteiger charge is 2.30. The molecule has 19 heavy (non-hydrogen) atoms. The fourth-order valence-electron chi connectivity index (χ4n) is 3.53. The van der Waals surface area contributed by atoms with E-state index in [2.05, 4.69) is 24.1 Å². The lowest BCUT2D eigenvalue weighted by molar-refractivity contribution is 0.137. The molecule has 2 atom stereocenters. The van der Waals surface area contributed by atoms with Crippen molar-refractivity contribution in [3.8, 4) is 0 Å². The molecule has 2 rings (SSSR count). The van der Waals surface area contributed by atoms with E-state index in [0.717, 1.165) is 25.7 Å². The maximum absolute atomic E-state index is 5.68. The average Bonchev–Trinajstić information content (AvgIpc) is 2.86. The highest BCUT2D eigenvalue weighted by atomic mass is 16.5. The first-order valence-electron chi connectivity index (χ1n) is 8.37. The predicted molar refractivity (Wildman–Crippen MR) is 80.5 cm³/mol. The van der Waals surface area contributed by atoms with E-state index in [9.17, 15) is 0 Å². The quantitative estimate of drug-likeness (QED) is 0.768. The first-order chi connectivity index (χ1) is 9.33. The Labute approximate surface area is 119 Å². The van der Waals surface area contributed by atoms with E-state index in [1.165, 1.54) is 51.7 Å². The van der Waals surface area contributed by atoms with Gasteiger partial charge in [0.05, 0.1) is 13.2 Å². The van der Waals surface area contributed by atoms with Crippen LogP contribution in [-0.4, -0.2) is 50.3 Å². The Morgan fingerprint density at radius 1 is 1.11 bits per heavy atom. The van der Waals surface area contributed by atoms with Gasteiger partial charge in [-0.25, -0.2) is 0 Å². The van der Waals surface area contributed by atoms with Crippen LogP contribution in [0.1, 0.15) is 46.0 Å². The molecule has 0 amide bonds. The second kappa shape index (κ2) is 8.23. The zero-order valence-corrected chi connectivity index (χ0v) is 12.9. The molecule has 3 heteroatoms. The number of nitrogens with zero attached hydrogens (tertiary/aromatic N) is 1. The summed E-state index contributed by atoms with van der Waals surface area (Å²) in [6, 6.07) is 0.591. The number of ether oxygens (including phenoxy) is 1. The van der Waals surface area contributed by atoms with Crippen LogP contribution in [0.2, 0.25) is 0 Å². The van der Waals surface area contributed by atoms with Gasteiger partial charge in [-0.3, -0.25) is 0 Å². The van der Waals surface area contributed by atoms with Gasteiger partial charge in [-0.1, -0.05) is 26.7 Å². The van der Waals surface area contributed by atoms with E-state index in [0.29, 0.717) is 12.0 Å². The van der Waals surface area contributed by atoms with Gasteiger partial charge in [-0.2, -0.15) is 0 Å². The van der Waals surface area contributed by atoms with E-state index >= 15 is 0 Å². The van der Waals surface area contributed by atoms with E-state index in [4.69, 9.17) is 4.74 Å². The molecule has 0 saturated carbocycles. The van der Waals surface area contributed by atoms with Gasteiger partial charge in [0.2, 0.25) is 0 Å². The lowest BCUT2D eigenvalue weighted by atomic mass is 9.91. The fraction of sp³-hybridized carbons (Fsp3) is 1.00. The standard InChI is InChI=1S/C16H32N2O/c1-3-5-14-6-9-18(10-7-14)11-15-12-19-13-16(15)17-8-4-2/h14-17H,3-13H2,1-2H3. The summed E-state index contributed by atoms with van der Waals surface area (Å²) in [6.07, 6.45) is 6.82. The first-order valence-corrected chi connectivity index (χ1v) is 8.37. The average molecular weight is 268 g/mol. The van der Waals surface area contributed by atoms with E-state index in [-0.39, 0.29) is 0 Å². The largest absolute Gasteiger partial charge is 0.379 e. The summed E-state index contributed by atoms with van der Waals surface area (Å²) in [5.41, 5.74) is 0. The molecule has 0 spiro atoms. The number of nitrogens with one attached hydrogen (secondary N) is 1. The molecular weight excluding hydrogens is 236 g/mol.